The lowest BCUT2D eigenvalue weighted by Crippen LogP contribution is -1.99. The second-order valence-corrected chi connectivity index (χ2v) is 3.50. The highest BCUT2D eigenvalue weighted by Crippen LogP contribution is 2.40. The first-order chi connectivity index (χ1) is 7.26. The van der Waals surface area contributed by atoms with E-state index in [0.29, 0.717) is 23.2 Å². The summed E-state index contributed by atoms with van der Waals surface area (Å²) in [6.45, 7) is 1.78. The van der Waals surface area contributed by atoms with Crippen LogP contribution in [0.15, 0.2) is 4.99 Å². The van der Waals surface area contributed by atoms with Crippen LogP contribution in [0.2, 0.25) is 0 Å². The molecule has 0 aliphatic heterocycles. The average molecular weight is 205 g/mol. The van der Waals surface area contributed by atoms with Gasteiger partial charge in [0, 0.05) is 5.92 Å². The van der Waals surface area contributed by atoms with E-state index < -0.39 is 0 Å². The first-order valence-electron chi connectivity index (χ1n) is 4.76. The highest BCUT2D eigenvalue weighted by Gasteiger charge is 2.28. The number of aromatic nitrogens is 2. The Hall–Kier alpha value is -1.74. The van der Waals surface area contributed by atoms with Crippen LogP contribution in [0.3, 0.4) is 0 Å². The van der Waals surface area contributed by atoms with E-state index in [1.54, 1.807) is 6.92 Å². The topological polar surface area (TPSA) is 64.4 Å². The molecule has 5 heteroatoms. The van der Waals surface area contributed by atoms with Gasteiger partial charge in [-0.1, -0.05) is 0 Å². The van der Waals surface area contributed by atoms with Gasteiger partial charge < -0.3 is 4.74 Å². The van der Waals surface area contributed by atoms with Crippen LogP contribution in [-0.2, 0) is 4.79 Å². The predicted molar refractivity (Wildman–Crippen MR) is 53.1 cm³/mol. The lowest BCUT2D eigenvalue weighted by atomic mass is 10.3. The molecule has 0 radical (unpaired) electrons. The molecule has 15 heavy (non-hydrogen) atoms. The molecule has 0 unspecified atom stereocenters. The molecule has 0 amide bonds. The van der Waals surface area contributed by atoms with Crippen LogP contribution in [0.5, 0.6) is 5.88 Å². The summed E-state index contributed by atoms with van der Waals surface area (Å²) in [6, 6.07) is 0. The molecule has 1 fully saturated rings. The number of hydrogen-bond acceptors (Lipinski definition) is 5. The molecule has 0 saturated heterocycles. The van der Waals surface area contributed by atoms with Crippen molar-refractivity contribution in [3.8, 4) is 5.88 Å². The van der Waals surface area contributed by atoms with Gasteiger partial charge >= 0.3 is 0 Å². The Bertz CT molecular complexity index is 435. The second-order valence-electron chi connectivity index (χ2n) is 3.50. The van der Waals surface area contributed by atoms with Gasteiger partial charge in [0.25, 0.3) is 0 Å². The molecule has 1 aromatic heterocycles. The first kappa shape index (κ1) is 9.80. The quantitative estimate of drug-likeness (QED) is 0.555. The van der Waals surface area contributed by atoms with E-state index in [9.17, 15) is 4.79 Å². The third-order valence-corrected chi connectivity index (χ3v) is 2.34. The Morgan fingerprint density at radius 2 is 2.20 bits per heavy atom. The molecule has 1 aliphatic carbocycles. The number of aliphatic imine (C=N–C) groups is 1. The van der Waals surface area contributed by atoms with Crippen molar-refractivity contribution in [2.75, 3.05) is 7.11 Å². The zero-order valence-corrected chi connectivity index (χ0v) is 8.65. The molecule has 78 valence electrons. The van der Waals surface area contributed by atoms with Gasteiger partial charge in [-0.25, -0.2) is 9.78 Å². The SMILES string of the molecule is COc1nc(C2CC2)nc(C)c1N=C=O. The fourth-order valence-electron chi connectivity index (χ4n) is 1.40. The maximum absolute atomic E-state index is 10.2. The molecule has 2 rings (SSSR count). The number of ether oxygens (including phenoxy) is 1. The maximum Gasteiger partial charge on any atom is 0.244 e. The monoisotopic (exact) mass is 205 g/mol. The van der Waals surface area contributed by atoms with Crippen molar-refractivity contribution in [2.45, 2.75) is 25.7 Å². The van der Waals surface area contributed by atoms with E-state index in [0.717, 1.165) is 18.7 Å². The summed E-state index contributed by atoms with van der Waals surface area (Å²) in [7, 11) is 1.50. The van der Waals surface area contributed by atoms with Gasteiger partial charge in [0.1, 0.15) is 5.82 Å². The number of aryl methyl sites for hydroxylation is 1. The van der Waals surface area contributed by atoms with Gasteiger partial charge in [-0.3, -0.25) is 0 Å². The van der Waals surface area contributed by atoms with Crippen molar-refractivity contribution in [1.29, 1.82) is 0 Å². The minimum Gasteiger partial charge on any atom is -0.479 e. The molecule has 0 aromatic carbocycles. The molecule has 0 N–H and O–H groups in total. The van der Waals surface area contributed by atoms with Crippen molar-refractivity contribution in [1.82, 2.24) is 9.97 Å². The van der Waals surface area contributed by atoms with E-state index in [2.05, 4.69) is 15.0 Å². The number of isocyanates is 1. The fraction of sp³-hybridized carbons (Fsp3) is 0.500. The van der Waals surface area contributed by atoms with Crippen LogP contribution in [0.25, 0.3) is 0 Å². The summed E-state index contributed by atoms with van der Waals surface area (Å²) in [5, 5.41) is 0. The lowest BCUT2D eigenvalue weighted by molar-refractivity contribution is 0.395. The minimum atomic E-state index is 0.354. The Morgan fingerprint density at radius 1 is 1.47 bits per heavy atom. The van der Waals surface area contributed by atoms with E-state index in [-0.39, 0.29) is 0 Å². The molecule has 5 nitrogen and oxygen atoms in total. The molecule has 1 saturated carbocycles. The summed E-state index contributed by atoms with van der Waals surface area (Å²) >= 11 is 0. The van der Waals surface area contributed by atoms with Crippen molar-refractivity contribution >= 4 is 11.8 Å². The van der Waals surface area contributed by atoms with Crippen molar-refractivity contribution in [3.63, 3.8) is 0 Å². The van der Waals surface area contributed by atoms with E-state index in [4.69, 9.17) is 4.74 Å². The van der Waals surface area contributed by atoms with Crippen molar-refractivity contribution in [2.24, 2.45) is 4.99 Å². The van der Waals surface area contributed by atoms with Gasteiger partial charge in [-0.05, 0) is 19.8 Å². The van der Waals surface area contributed by atoms with Gasteiger partial charge in [0.05, 0.1) is 12.8 Å². The second kappa shape index (κ2) is 3.79. The normalized spacial score (nSPS) is 14.5. The van der Waals surface area contributed by atoms with Crippen molar-refractivity contribution < 1.29 is 9.53 Å². The zero-order valence-electron chi connectivity index (χ0n) is 8.65. The van der Waals surface area contributed by atoms with Gasteiger partial charge in [0.15, 0.2) is 5.69 Å². The summed E-state index contributed by atoms with van der Waals surface area (Å²) in [5.41, 5.74) is 1.03. The molecule has 1 aliphatic rings. The number of nitrogens with zero attached hydrogens (tertiary/aromatic N) is 3. The molecule has 0 spiro atoms. The number of hydrogen-bond donors (Lipinski definition) is 0. The van der Waals surface area contributed by atoms with Gasteiger partial charge in [0.2, 0.25) is 12.0 Å². The third-order valence-electron chi connectivity index (χ3n) is 2.34. The van der Waals surface area contributed by atoms with Gasteiger partial charge in [-0.2, -0.15) is 9.98 Å². The average Bonchev–Trinajstić information content (AvgIpc) is 3.04. The van der Waals surface area contributed by atoms with Crippen LogP contribution in [-0.4, -0.2) is 23.2 Å². The molecular weight excluding hydrogens is 194 g/mol. The van der Waals surface area contributed by atoms with Crippen molar-refractivity contribution in [3.05, 3.63) is 11.5 Å². The van der Waals surface area contributed by atoms with Crippen LogP contribution in [0.4, 0.5) is 5.69 Å². The predicted octanol–water partition coefficient (Wildman–Crippen LogP) is 1.64. The molecule has 1 heterocycles. The standard InChI is InChI=1S/C10H11N3O2/c1-6-8(11-5-14)10(15-2)13-9(12-6)7-3-4-7/h7H,3-4H2,1-2H3. The number of rotatable bonds is 3. The first-order valence-corrected chi connectivity index (χ1v) is 4.76. The number of methoxy groups -OCH3 is 1. The molecule has 1 aromatic rings. The van der Waals surface area contributed by atoms with Crippen LogP contribution < -0.4 is 4.74 Å². The Balaban J connectivity index is 2.50. The zero-order chi connectivity index (χ0) is 10.8. The summed E-state index contributed by atoms with van der Waals surface area (Å²) in [6.07, 6.45) is 3.73. The highest BCUT2D eigenvalue weighted by atomic mass is 16.5. The lowest BCUT2D eigenvalue weighted by Gasteiger charge is -2.06. The molecule has 0 atom stereocenters. The summed E-state index contributed by atoms with van der Waals surface area (Å²) in [4.78, 5) is 22.3. The fourth-order valence-corrected chi connectivity index (χ4v) is 1.40. The van der Waals surface area contributed by atoms with Crippen LogP contribution in [0.1, 0.15) is 30.3 Å². The van der Waals surface area contributed by atoms with Gasteiger partial charge in [-0.15, -0.1) is 0 Å². The summed E-state index contributed by atoms with van der Waals surface area (Å²) in [5.74, 6) is 1.59. The van der Waals surface area contributed by atoms with E-state index >= 15 is 0 Å². The molecule has 0 bridgehead atoms. The van der Waals surface area contributed by atoms with Crippen LogP contribution >= 0.6 is 0 Å². The Morgan fingerprint density at radius 3 is 2.73 bits per heavy atom. The largest absolute Gasteiger partial charge is 0.479 e. The van der Waals surface area contributed by atoms with Crippen LogP contribution in [0, 0.1) is 6.92 Å². The minimum absolute atomic E-state index is 0.354. The Kier molecular flexibility index (Phi) is 2.47. The van der Waals surface area contributed by atoms with E-state index in [1.165, 1.54) is 13.2 Å². The Labute approximate surface area is 87.2 Å². The third kappa shape index (κ3) is 1.87. The highest BCUT2D eigenvalue weighted by molar-refractivity contribution is 5.57. The van der Waals surface area contributed by atoms with E-state index in [1.807, 2.05) is 0 Å². The maximum atomic E-state index is 10.2. The summed E-state index contributed by atoms with van der Waals surface area (Å²) < 4.78 is 5.07. The number of carbonyl (C=O) groups excluding carboxylic acids is 1. The smallest absolute Gasteiger partial charge is 0.244 e. The molecular formula is C10H11N3O2.